The molecule has 96 valence electrons. The van der Waals surface area contributed by atoms with E-state index in [4.69, 9.17) is 0 Å². The summed E-state index contributed by atoms with van der Waals surface area (Å²) in [5, 5.41) is 0. The van der Waals surface area contributed by atoms with Crippen LogP contribution in [0.3, 0.4) is 0 Å². The summed E-state index contributed by atoms with van der Waals surface area (Å²) >= 11 is 0. The van der Waals surface area contributed by atoms with Gasteiger partial charge in [-0.3, -0.25) is 0 Å². The van der Waals surface area contributed by atoms with E-state index in [9.17, 15) is 0 Å². The lowest BCUT2D eigenvalue weighted by molar-refractivity contribution is 1.09. The highest BCUT2D eigenvalue weighted by atomic mass is 14.0. The van der Waals surface area contributed by atoms with Crippen LogP contribution < -0.4 is 0 Å². The lowest BCUT2D eigenvalue weighted by Gasteiger charge is -2.04. The van der Waals surface area contributed by atoms with Gasteiger partial charge >= 0.3 is 0 Å². The molecular weight excluding hydrogens is 216 g/mol. The number of benzene rings is 2. The van der Waals surface area contributed by atoms with Crippen LogP contribution in [0.4, 0.5) is 0 Å². The molecule has 2 aromatic carbocycles. The summed E-state index contributed by atoms with van der Waals surface area (Å²) in [5.74, 6) is 0. The maximum absolute atomic E-state index is 2.20. The highest BCUT2D eigenvalue weighted by molar-refractivity contribution is 5.32. The van der Waals surface area contributed by atoms with Crippen molar-refractivity contribution in [3.63, 3.8) is 0 Å². The smallest absolute Gasteiger partial charge is 0.0305 e. The molecule has 0 N–H and O–H groups in total. The first kappa shape index (κ1) is 14.5. The van der Waals surface area contributed by atoms with Crippen molar-refractivity contribution in [3.05, 3.63) is 70.3 Å². The molecular formula is C18H24. The maximum Gasteiger partial charge on any atom is -0.0305 e. The first-order valence-electron chi connectivity index (χ1n) is 6.63. The van der Waals surface area contributed by atoms with Crippen LogP contribution in [-0.4, -0.2) is 0 Å². The van der Waals surface area contributed by atoms with Crippen LogP contribution in [0.15, 0.2) is 42.5 Å². The summed E-state index contributed by atoms with van der Waals surface area (Å²) < 4.78 is 0. The van der Waals surface area contributed by atoms with E-state index < -0.39 is 0 Å². The molecule has 0 saturated heterocycles. The third-order valence-electron chi connectivity index (χ3n) is 3.52. The SMILES string of the molecule is CCc1cccc(C)c1C.Cc1ccccc1C. The molecule has 0 heterocycles. The molecule has 0 unspecified atom stereocenters. The molecule has 0 aliphatic rings. The van der Waals surface area contributed by atoms with E-state index in [-0.39, 0.29) is 0 Å². The van der Waals surface area contributed by atoms with Crippen LogP contribution in [0.25, 0.3) is 0 Å². The maximum atomic E-state index is 2.20. The van der Waals surface area contributed by atoms with Gasteiger partial charge in [0.2, 0.25) is 0 Å². The topological polar surface area (TPSA) is 0 Å². The molecule has 0 spiro atoms. The van der Waals surface area contributed by atoms with Crippen molar-refractivity contribution in [1.29, 1.82) is 0 Å². The van der Waals surface area contributed by atoms with Gasteiger partial charge in [-0.15, -0.1) is 0 Å². The number of hydrogen-bond acceptors (Lipinski definition) is 0. The van der Waals surface area contributed by atoms with E-state index >= 15 is 0 Å². The molecule has 0 amide bonds. The Kier molecular flexibility index (Phi) is 5.64. The van der Waals surface area contributed by atoms with Crippen molar-refractivity contribution in [2.45, 2.75) is 41.0 Å². The van der Waals surface area contributed by atoms with Gasteiger partial charge in [0.05, 0.1) is 0 Å². The zero-order valence-electron chi connectivity index (χ0n) is 12.2. The Hall–Kier alpha value is -1.56. The fourth-order valence-corrected chi connectivity index (χ4v) is 1.86. The molecule has 0 atom stereocenters. The predicted octanol–water partition coefficient (Wildman–Crippen LogP) is 5.17. The molecule has 0 nitrogen and oxygen atoms in total. The summed E-state index contributed by atoms with van der Waals surface area (Å²) in [6.07, 6.45) is 1.15. The Morgan fingerprint density at radius 3 is 1.56 bits per heavy atom. The van der Waals surface area contributed by atoms with Crippen LogP contribution in [0, 0.1) is 27.7 Å². The van der Waals surface area contributed by atoms with Crippen molar-refractivity contribution in [3.8, 4) is 0 Å². The monoisotopic (exact) mass is 240 g/mol. The van der Waals surface area contributed by atoms with Crippen molar-refractivity contribution in [2.75, 3.05) is 0 Å². The van der Waals surface area contributed by atoms with Gasteiger partial charge in [0.25, 0.3) is 0 Å². The number of rotatable bonds is 1. The standard InChI is InChI=1S/C10H14.C8H10/c1-4-10-7-5-6-8(2)9(10)3;1-7-5-3-4-6-8(7)2/h5-7H,4H2,1-3H3;3-6H,1-2H3. The molecule has 0 aliphatic heterocycles. The minimum Gasteiger partial charge on any atom is -0.0620 e. The summed E-state index contributed by atoms with van der Waals surface area (Å²) in [4.78, 5) is 0. The quantitative estimate of drug-likeness (QED) is 0.645. The first-order valence-corrected chi connectivity index (χ1v) is 6.63. The van der Waals surface area contributed by atoms with Crippen molar-refractivity contribution < 1.29 is 0 Å². The highest BCUT2D eigenvalue weighted by Crippen LogP contribution is 2.12. The molecule has 2 aromatic rings. The normalized spacial score (nSPS) is 9.61. The summed E-state index contributed by atoms with van der Waals surface area (Å²) in [6, 6.07) is 14.8. The Balaban J connectivity index is 0.000000184. The number of aryl methyl sites for hydroxylation is 4. The van der Waals surface area contributed by atoms with Crippen molar-refractivity contribution in [1.82, 2.24) is 0 Å². The molecule has 0 heteroatoms. The van der Waals surface area contributed by atoms with Gasteiger partial charge in [0.15, 0.2) is 0 Å². The zero-order chi connectivity index (χ0) is 13.5. The van der Waals surface area contributed by atoms with E-state index in [1.54, 1.807) is 0 Å². The van der Waals surface area contributed by atoms with E-state index in [0.29, 0.717) is 0 Å². The Labute approximate surface area is 112 Å². The van der Waals surface area contributed by atoms with E-state index in [1.807, 2.05) is 0 Å². The van der Waals surface area contributed by atoms with Crippen LogP contribution in [0.2, 0.25) is 0 Å². The van der Waals surface area contributed by atoms with Crippen LogP contribution in [0.5, 0.6) is 0 Å². The lowest BCUT2D eigenvalue weighted by atomic mass is 10.0. The second-order valence-electron chi connectivity index (χ2n) is 4.80. The van der Waals surface area contributed by atoms with Gasteiger partial charge in [-0.1, -0.05) is 49.4 Å². The second kappa shape index (κ2) is 7.00. The summed E-state index contributed by atoms with van der Waals surface area (Å²) in [6.45, 7) is 10.8. The van der Waals surface area contributed by atoms with Gasteiger partial charge in [-0.05, 0) is 61.9 Å². The Morgan fingerprint density at radius 1 is 0.667 bits per heavy atom. The van der Waals surface area contributed by atoms with Gasteiger partial charge in [-0.2, -0.15) is 0 Å². The largest absolute Gasteiger partial charge is 0.0620 e. The highest BCUT2D eigenvalue weighted by Gasteiger charge is 1.95. The van der Waals surface area contributed by atoms with Crippen LogP contribution in [-0.2, 0) is 6.42 Å². The summed E-state index contributed by atoms with van der Waals surface area (Å²) in [7, 11) is 0. The zero-order valence-corrected chi connectivity index (χ0v) is 12.2. The molecule has 0 aliphatic carbocycles. The minimum atomic E-state index is 1.15. The predicted molar refractivity (Wildman–Crippen MR) is 81.2 cm³/mol. The van der Waals surface area contributed by atoms with Crippen LogP contribution in [0.1, 0.15) is 34.7 Å². The molecule has 0 aromatic heterocycles. The second-order valence-corrected chi connectivity index (χ2v) is 4.80. The van der Waals surface area contributed by atoms with Crippen LogP contribution >= 0.6 is 0 Å². The van der Waals surface area contributed by atoms with E-state index in [2.05, 4.69) is 77.1 Å². The Bertz CT molecular complexity index is 474. The van der Waals surface area contributed by atoms with Gasteiger partial charge in [0, 0.05) is 0 Å². The third kappa shape index (κ3) is 4.03. The molecule has 0 saturated carbocycles. The fourth-order valence-electron chi connectivity index (χ4n) is 1.86. The fraction of sp³-hybridized carbons (Fsp3) is 0.333. The molecule has 2 rings (SSSR count). The van der Waals surface area contributed by atoms with Gasteiger partial charge in [-0.25, -0.2) is 0 Å². The Morgan fingerprint density at radius 2 is 1.17 bits per heavy atom. The number of hydrogen-bond donors (Lipinski definition) is 0. The minimum absolute atomic E-state index is 1.15. The first-order chi connectivity index (χ1) is 8.56. The van der Waals surface area contributed by atoms with Gasteiger partial charge in [0.1, 0.15) is 0 Å². The van der Waals surface area contributed by atoms with E-state index in [1.165, 1.54) is 27.8 Å². The average molecular weight is 240 g/mol. The molecule has 0 fully saturated rings. The molecule has 18 heavy (non-hydrogen) atoms. The molecule has 0 radical (unpaired) electrons. The van der Waals surface area contributed by atoms with E-state index in [0.717, 1.165) is 6.42 Å². The summed E-state index contributed by atoms with van der Waals surface area (Å²) in [5.41, 5.74) is 7.06. The average Bonchev–Trinajstić information content (AvgIpc) is 2.37. The molecule has 0 bridgehead atoms. The third-order valence-corrected chi connectivity index (χ3v) is 3.52. The lowest BCUT2D eigenvalue weighted by Crippen LogP contribution is -1.88. The van der Waals surface area contributed by atoms with Crippen molar-refractivity contribution >= 4 is 0 Å². The van der Waals surface area contributed by atoms with Crippen molar-refractivity contribution in [2.24, 2.45) is 0 Å². The van der Waals surface area contributed by atoms with Gasteiger partial charge < -0.3 is 0 Å².